The maximum absolute atomic E-state index is 12.4. The molecule has 0 saturated carbocycles. The number of ether oxygens (including phenoxy) is 2. The lowest BCUT2D eigenvalue weighted by atomic mass is 10.1. The van der Waals surface area contributed by atoms with Gasteiger partial charge in [0.2, 0.25) is 0 Å². The number of carbonyl (C=O) groups is 2. The molecule has 2 aromatic rings. The lowest BCUT2D eigenvalue weighted by molar-refractivity contribution is 0.0652. The van der Waals surface area contributed by atoms with E-state index in [0.717, 1.165) is 29.4 Å². The van der Waals surface area contributed by atoms with E-state index in [9.17, 15) is 9.59 Å². The molecule has 1 aliphatic rings. The van der Waals surface area contributed by atoms with Crippen molar-refractivity contribution in [2.45, 2.75) is 19.4 Å². The molecule has 170 valence electrons. The average Bonchev–Trinajstić information content (AvgIpc) is 3.06. The monoisotopic (exact) mass is 438 g/mol. The summed E-state index contributed by atoms with van der Waals surface area (Å²) in [6.07, 6.45) is 1.51. The third-order valence-corrected chi connectivity index (χ3v) is 5.44. The summed E-state index contributed by atoms with van der Waals surface area (Å²) in [6.45, 7) is 1.70. The summed E-state index contributed by atoms with van der Waals surface area (Å²) in [7, 11) is 6.96. The standard InChI is InChI=1S/C24H30N4O4/c1-25-24(27(2)16-17-11-12-18(31-3)15-21(17)32-4)26-13-7-8-14-28-22(29)19-9-5-6-10-20(19)23(28)30/h5-6,9-12,15H,7-8,13-14,16H2,1-4H3,(H,25,26). The number of guanidine groups is 1. The molecule has 0 fully saturated rings. The van der Waals surface area contributed by atoms with Gasteiger partial charge in [0, 0.05) is 45.4 Å². The first kappa shape index (κ1) is 23.1. The summed E-state index contributed by atoms with van der Waals surface area (Å²) >= 11 is 0. The number of fused-ring (bicyclic) bond motifs is 1. The second-order valence-corrected chi connectivity index (χ2v) is 7.52. The number of carbonyl (C=O) groups excluding carboxylic acids is 2. The van der Waals surface area contributed by atoms with Crippen LogP contribution in [-0.2, 0) is 6.54 Å². The van der Waals surface area contributed by atoms with Crippen LogP contribution in [0.3, 0.4) is 0 Å². The van der Waals surface area contributed by atoms with E-state index in [2.05, 4.69) is 10.3 Å². The molecular formula is C24H30N4O4. The van der Waals surface area contributed by atoms with E-state index in [1.54, 1.807) is 45.5 Å². The van der Waals surface area contributed by atoms with Gasteiger partial charge < -0.3 is 19.7 Å². The minimum atomic E-state index is -0.206. The molecule has 0 aliphatic carbocycles. The summed E-state index contributed by atoms with van der Waals surface area (Å²) in [4.78, 5) is 32.5. The number of imide groups is 1. The van der Waals surface area contributed by atoms with Crippen molar-refractivity contribution in [3.8, 4) is 11.5 Å². The molecule has 0 spiro atoms. The first-order chi connectivity index (χ1) is 15.5. The smallest absolute Gasteiger partial charge is 0.261 e. The van der Waals surface area contributed by atoms with Crippen molar-refractivity contribution in [1.82, 2.24) is 15.1 Å². The first-order valence-electron chi connectivity index (χ1n) is 10.6. The quantitative estimate of drug-likeness (QED) is 0.281. The van der Waals surface area contributed by atoms with Gasteiger partial charge in [-0.2, -0.15) is 0 Å². The van der Waals surface area contributed by atoms with Crippen molar-refractivity contribution in [1.29, 1.82) is 0 Å². The number of unbranched alkanes of at least 4 members (excludes halogenated alkanes) is 1. The van der Waals surface area contributed by atoms with E-state index in [4.69, 9.17) is 9.47 Å². The van der Waals surface area contributed by atoms with E-state index >= 15 is 0 Å². The van der Waals surface area contributed by atoms with Crippen LogP contribution in [0.5, 0.6) is 11.5 Å². The van der Waals surface area contributed by atoms with Crippen molar-refractivity contribution in [2.75, 3.05) is 41.4 Å². The Labute approximate surface area is 188 Å². The predicted molar refractivity (Wildman–Crippen MR) is 123 cm³/mol. The first-order valence-corrected chi connectivity index (χ1v) is 10.6. The number of hydrogen-bond donors (Lipinski definition) is 1. The van der Waals surface area contributed by atoms with Crippen molar-refractivity contribution in [3.63, 3.8) is 0 Å². The van der Waals surface area contributed by atoms with E-state index in [1.165, 1.54) is 4.90 Å². The number of benzene rings is 2. The van der Waals surface area contributed by atoms with Gasteiger partial charge in [0.1, 0.15) is 11.5 Å². The van der Waals surface area contributed by atoms with Gasteiger partial charge >= 0.3 is 0 Å². The van der Waals surface area contributed by atoms with Gasteiger partial charge in [-0.25, -0.2) is 0 Å². The van der Waals surface area contributed by atoms with Crippen molar-refractivity contribution in [3.05, 3.63) is 59.2 Å². The molecule has 0 saturated heterocycles. The van der Waals surface area contributed by atoms with E-state index in [1.807, 2.05) is 30.1 Å². The Morgan fingerprint density at radius 2 is 1.72 bits per heavy atom. The van der Waals surface area contributed by atoms with Crippen LogP contribution in [0.15, 0.2) is 47.5 Å². The number of nitrogens with zero attached hydrogens (tertiary/aromatic N) is 3. The van der Waals surface area contributed by atoms with Crippen molar-refractivity contribution < 1.29 is 19.1 Å². The highest BCUT2D eigenvalue weighted by molar-refractivity contribution is 6.21. The molecule has 1 N–H and O–H groups in total. The van der Waals surface area contributed by atoms with Gasteiger partial charge in [-0.05, 0) is 37.1 Å². The Morgan fingerprint density at radius 1 is 1.03 bits per heavy atom. The summed E-state index contributed by atoms with van der Waals surface area (Å²) < 4.78 is 10.7. The Bertz CT molecular complexity index is 970. The van der Waals surface area contributed by atoms with Crippen LogP contribution >= 0.6 is 0 Å². The number of aliphatic imine (C=N–C) groups is 1. The van der Waals surface area contributed by atoms with Gasteiger partial charge in [-0.15, -0.1) is 0 Å². The zero-order valence-electron chi connectivity index (χ0n) is 19.1. The zero-order valence-corrected chi connectivity index (χ0v) is 19.1. The topological polar surface area (TPSA) is 83.5 Å². The maximum atomic E-state index is 12.4. The normalized spacial score (nSPS) is 13.2. The number of methoxy groups -OCH3 is 2. The lowest BCUT2D eigenvalue weighted by Crippen LogP contribution is -2.39. The molecule has 0 radical (unpaired) electrons. The highest BCUT2D eigenvalue weighted by Crippen LogP contribution is 2.25. The van der Waals surface area contributed by atoms with Gasteiger partial charge in [0.05, 0.1) is 25.3 Å². The zero-order chi connectivity index (χ0) is 23.1. The molecule has 1 aliphatic heterocycles. The Morgan fingerprint density at radius 3 is 2.31 bits per heavy atom. The Balaban J connectivity index is 1.46. The van der Waals surface area contributed by atoms with Crippen molar-refractivity contribution in [2.24, 2.45) is 4.99 Å². The lowest BCUT2D eigenvalue weighted by Gasteiger charge is -2.23. The average molecular weight is 439 g/mol. The summed E-state index contributed by atoms with van der Waals surface area (Å²) in [5.74, 6) is 1.84. The molecule has 2 amide bonds. The van der Waals surface area contributed by atoms with Crippen LogP contribution < -0.4 is 14.8 Å². The van der Waals surface area contributed by atoms with Crippen LogP contribution in [0.4, 0.5) is 0 Å². The van der Waals surface area contributed by atoms with Gasteiger partial charge in [0.15, 0.2) is 5.96 Å². The molecule has 0 bridgehead atoms. The highest BCUT2D eigenvalue weighted by atomic mass is 16.5. The number of hydrogen-bond acceptors (Lipinski definition) is 5. The third-order valence-electron chi connectivity index (χ3n) is 5.44. The maximum Gasteiger partial charge on any atom is 0.261 e. The summed E-state index contributed by atoms with van der Waals surface area (Å²) in [5.41, 5.74) is 2.00. The fourth-order valence-electron chi connectivity index (χ4n) is 3.73. The van der Waals surface area contributed by atoms with E-state index in [-0.39, 0.29) is 11.8 Å². The third kappa shape index (κ3) is 5.01. The SMILES string of the molecule is CN=C(NCCCCN1C(=O)c2ccccc2C1=O)N(C)Cc1ccc(OC)cc1OC. The molecule has 8 heteroatoms. The minimum Gasteiger partial charge on any atom is -0.497 e. The second-order valence-electron chi connectivity index (χ2n) is 7.52. The van der Waals surface area contributed by atoms with E-state index in [0.29, 0.717) is 37.2 Å². The molecule has 2 aromatic carbocycles. The molecule has 0 atom stereocenters. The molecule has 1 heterocycles. The van der Waals surface area contributed by atoms with Crippen molar-refractivity contribution >= 4 is 17.8 Å². The van der Waals surface area contributed by atoms with Crippen LogP contribution in [-0.4, -0.2) is 69.0 Å². The minimum absolute atomic E-state index is 0.206. The number of rotatable bonds is 9. The Hall–Kier alpha value is -3.55. The molecule has 0 unspecified atom stereocenters. The molecule has 8 nitrogen and oxygen atoms in total. The second kappa shape index (κ2) is 10.7. The van der Waals surface area contributed by atoms with Crippen LogP contribution in [0.25, 0.3) is 0 Å². The molecule has 32 heavy (non-hydrogen) atoms. The summed E-state index contributed by atoms with van der Waals surface area (Å²) in [6, 6.07) is 12.7. The highest BCUT2D eigenvalue weighted by Gasteiger charge is 2.34. The largest absolute Gasteiger partial charge is 0.497 e. The summed E-state index contributed by atoms with van der Waals surface area (Å²) in [5, 5.41) is 3.34. The molecular weight excluding hydrogens is 408 g/mol. The van der Waals surface area contributed by atoms with Crippen LogP contribution in [0.2, 0.25) is 0 Å². The van der Waals surface area contributed by atoms with Crippen LogP contribution in [0, 0.1) is 0 Å². The predicted octanol–water partition coefficient (Wildman–Crippen LogP) is 2.79. The molecule has 0 aromatic heterocycles. The molecule has 3 rings (SSSR count). The fraction of sp³-hybridized carbons (Fsp3) is 0.375. The van der Waals surface area contributed by atoms with Gasteiger partial charge in [0.25, 0.3) is 11.8 Å². The Kier molecular flexibility index (Phi) is 7.70. The van der Waals surface area contributed by atoms with Gasteiger partial charge in [-0.1, -0.05) is 12.1 Å². The number of nitrogens with one attached hydrogen (secondary N) is 1. The van der Waals surface area contributed by atoms with Gasteiger partial charge in [-0.3, -0.25) is 19.5 Å². The fourth-order valence-corrected chi connectivity index (χ4v) is 3.73. The number of amides is 2. The van der Waals surface area contributed by atoms with E-state index < -0.39 is 0 Å². The van der Waals surface area contributed by atoms with Crippen LogP contribution in [0.1, 0.15) is 39.1 Å².